The van der Waals surface area contributed by atoms with Crippen molar-refractivity contribution < 1.29 is 19.5 Å². The Labute approximate surface area is 154 Å². The van der Waals surface area contributed by atoms with Gasteiger partial charge in [0.05, 0.1) is 4.91 Å². The second-order valence-corrected chi connectivity index (χ2v) is 8.00. The van der Waals surface area contributed by atoms with Crippen molar-refractivity contribution in [2.24, 2.45) is 0 Å². The maximum atomic E-state index is 12.6. The van der Waals surface area contributed by atoms with E-state index in [4.69, 9.17) is 0 Å². The average molecular weight is 380 g/mol. The summed E-state index contributed by atoms with van der Waals surface area (Å²) in [6.07, 6.45) is 5.02. The van der Waals surface area contributed by atoms with Gasteiger partial charge in [0.1, 0.15) is 6.54 Å². The molecule has 0 radical (unpaired) electrons. The number of aliphatic hydroxyl groups excluding tert-OH is 1. The fraction of sp³-hybridized carbons (Fsp3) is 0.471. The number of nitrogens with zero attached hydrogens (tertiary/aromatic N) is 2. The molecule has 0 aliphatic carbocycles. The third-order valence-corrected chi connectivity index (χ3v) is 6.12. The van der Waals surface area contributed by atoms with Gasteiger partial charge in [-0.3, -0.25) is 19.3 Å². The molecule has 0 saturated carbocycles. The van der Waals surface area contributed by atoms with E-state index in [0.29, 0.717) is 17.9 Å². The molecule has 1 aromatic heterocycles. The SMILES string of the molecule is O=C1S/C(=C\c2cccs2)C(=O)N1CC(=O)N1CCCC[C@H]1CCO. The van der Waals surface area contributed by atoms with Gasteiger partial charge >= 0.3 is 0 Å². The third-order valence-electron chi connectivity index (χ3n) is 4.39. The van der Waals surface area contributed by atoms with Crippen molar-refractivity contribution in [3.63, 3.8) is 0 Å². The number of carbonyl (C=O) groups excluding carboxylic acids is 3. The van der Waals surface area contributed by atoms with E-state index in [2.05, 4.69) is 0 Å². The molecule has 6 nitrogen and oxygen atoms in total. The zero-order chi connectivity index (χ0) is 17.8. The fourth-order valence-electron chi connectivity index (χ4n) is 3.14. The van der Waals surface area contributed by atoms with Crippen molar-refractivity contribution in [3.05, 3.63) is 27.3 Å². The van der Waals surface area contributed by atoms with Gasteiger partial charge in [0, 0.05) is 24.1 Å². The minimum atomic E-state index is -0.410. The molecule has 3 rings (SSSR count). The first-order valence-corrected chi connectivity index (χ1v) is 9.99. The molecule has 0 spiro atoms. The van der Waals surface area contributed by atoms with Crippen LogP contribution in [-0.4, -0.2) is 57.7 Å². The second kappa shape index (κ2) is 8.16. The Kier molecular flexibility index (Phi) is 5.93. The smallest absolute Gasteiger partial charge is 0.294 e. The van der Waals surface area contributed by atoms with Crippen LogP contribution in [0, 0.1) is 0 Å². The van der Waals surface area contributed by atoms with Crippen LogP contribution in [0.2, 0.25) is 0 Å². The Hall–Kier alpha value is -1.64. The summed E-state index contributed by atoms with van der Waals surface area (Å²) in [7, 11) is 0. The standard InChI is InChI=1S/C17H20N2O4S2/c20-8-6-12-4-1-2-7-18(12)15(21)11-19-16(22)14(25-17(19)23)10-13-5-3-9-24-13/h3,5,9-10,12,20H,1-2,4,6-8,11H2/b14-10-/t12-/m0/s1. The van der Waals surface area contributed by atoms with E-state index >= 15 is 0 Å². The topological polar surface area (TPSA) is 77.9 Å². The summed E-state index contributed by atoms with van der Waals surface area (Å²) >= 11 is 2.36. The van der Waals surface area contributed by atoms with E-state index < -0.39 is 11.1 Å². The molecular formula is C17H20N2O4S2. The normalized spacial score (nSPS) is 22.9. The highest BCUT2D eigenvalue weighted by atomic mass is 32.2. The summed E-state index contributed by atoms with van der Waals surface area (Å²) in [5, 5.41) is 10.7. The lowest BCUT2D eigenvalue weighted by molar-refractivity contribution is -0.139. The van der Waals surface area contributed by atoms with Gasteiger partial charge in [-0.25, -0.2) is 0 Å². The van der Waals surface area contributed by atoms with Crippen LogP contribution in [0.3, 0.4) is 0 Å². The van der Waals surface area contributed by atoms with Gasteiger partial charge < -0.3 is 10.0 Å². The molecule has 2 aliphatic heterocycles. The van der Waals surface area contributed by atoms with Crippen molar-refractivity contribution in [2.75, 3.05) is 19.7 Å². The quantitative estimate of drug-likeness (QED) is 0.795. The zero-order valence-corrected chi connectivity index (χ0v) is 15.4. The summed E-state index contributed by atoms with van der Waals surface area (Å²) in [4.78, 5) is 41.3. The molecule has 2 aliphatic rings. The van der Waals surface area contributed by atoms with Gasteiger partial charge in [-0.2, -0.15) is 0 Å². The molecule has 0 bridgehead atoms. The van der Waals surface area contributed by atoms with E-state index in [9.17, 15) is 19.5 Å². The molecule has 3 heterocycles. The first kappa shape index (κ1) is 18.2. The molecule has 1 aromatic rings. The third kappa shape index (κ3) is 4.13. The predicted octanol–water partition coefficient (Wildman–Crippen LogP) is 2.55. The Balaban J connectivity index is 1.68. The highest BCUT2D eigenvalue weighted by molar-refractivity contribution is 8.18. The number of rotatable bonds is 5. The first-order chi connectivity index (χ1) is 12.1. The van der Waals surface area contributed by atoms with Crippen LogP contribution in [0.15, 0.2) is 22.4 Å². The molecule has 2 fully saturated rings. The van der Waals surface area contributed by atoms with Crippen LogP contribution in [0.1, 0.15) is 30.6 Å². The van der Waals surface area contributed by atoms with Gasteiger partial charge in [-0.1, -0.05) is 6.07 Å². The largest absolute Gasteiger partial charge is 0.396 e. The average Bonchev–Trinajstić information content (AvgIpc) is 3.20. The van der Waals surface area contributed by atoms with Crippen molar-refractivity contribution in [1.29, 1.82) is 0 Å². The molecule has 1 atom stereocenters. The van der Waals surface area contributed by atoms with Gasteiger partial charge in [-0.05, 0) is 55.0 Å². The Morgan fingerprint density at radius 3 is 2.92 bits per heavy atom. The molecule has 2 saturated heterocycles. The molecule has 134 valence electrons. The zero-order valence-electron chi connectivity index (χ0n) is 13.7. The maximum Gasteiger partial charge on any atom is 0.294 e. The molecule has 8 heteroatoms. The van der Waals surface area contributed by atoms with Gasteiger partial charge in [0.25, 0.3) is 11.1 Å². The number of piperidine rings is 1. The number of likely N-dealkylation sites (tertiary alicyclic amines) is 1. The number of hydrogen-bond donors (Lipinski definition) is 1. The monoisotopic (exact) mass is 380 g/mol. The lowest BCUT2D eigenvalue weighted by Crippen LogP contribution is -2.49. The Bertz CT molecular complexity index is 685. The molecule has 0 unspecified atom stereocenters. The highest BCUT2D eigenvalue weighted by Crippen LogP contribution is 2.33. The Morgan fingerprint density at radius 2 is 2.20 bits per heavy atom. The number of carbonyl (C=O) groups is 3. The van der Waals surface area contributed by atoms with E-state index in [1.165, 1.54) is 11.3 Å². The van der Waals surface area contributed by atoms with Gasteiger partial charge in [0.15, 0.2) is 0 Å². The number of thiophene rings is 1. The minimum Gasteiger partial charge on any atom is -0.396 e. The van der Waals surface area contributed by atoms with Crippen molar-refractivity contribution in [2.45, 2.75) is 31.7 Å². The number of hydrogen-bond acceptors (Lipinski definition) is 6. The summed E-state index contributed by atoms with van der Waals surface area (Å²) in [5.41, 5.74) is 0. The molecule has 25 heavy (non-hydrogen) atoms. The van der Waals surface area contributed by atoms with Crippen LogP contribution in [-0.2, 0) is 9.59 Å². The minimum absolute atomic E-state index is 0.00663. The van der Waals surface area contributed by atoms with Gasteiger partial charge in [0.2, 0.25) is 5.91 Å². The van der Waals surface area contributed by atoms with Gasteiger partial charge in [-0.15, -0.1) is 11.3 Å². The lowest BCUT2D eigenvalue weighted by Gasteiger charge is -2.36. The highest BCUT2D eigenvalue weighted by Gasteiger charge is 2.38. The lowest BCUT2D eigenvalue weighted by atomic mass is 9.99. The molecule has 1 N–H and O–H groups in total. The van der Waals surface area contributed by atoms with Crippen molar-refractivity contribution in [1.82, 2.24) is 9.80 Å². The second-order valence-electron chi connectivity index (χ2n) is 6.03. The Morgan fingerprint density at radius 1 is 1.36 bits per heavy atom. The van der Waals surface area contributed by atoms with E-state index in [-0.39, 0.29) is 25.1 Å². The summed E-state index contributed by atoms with van der Waals surface area (Å²) in [6.45, 7) is 0.415. The van der Waals surface area contributed by atoms with E-state index in [1.54, 1.807) is 11.0 Å². The summed E-state index contributed by atoms with van der Waals surface area (Å²) in [5.74, 6) is -0.634. The van der Waals surface area contributed by atoms with Crippen LogP contribution >= 0.6 is 23.1 Å². The van der Waals surface area contributed by atoms with Crippen molar-refractivity contribution in [3.8, 4) is 0 Å². The van der Waals surface area contributed by atoms with Crippen LogP contribution in [0.5, 0.6) is 0 Å². The van der Waals surface area contributed by atoms with E-state index in [1.807, 2.05) is 17.5 Å². The fourth-order valence-corrected chi connectivity index (χ4v) is 4.70. The molecule has 3 amide bonds. The summed E-state index contributed by atoms with van der Waals surface area (Å²) in [6, 6.07) is 3.74. The number of aliphatic hydroxyl groups is 1. The number of imide groups is 1. The maximum absolute atomic E-state index is 12.6. The van der Waals surface area contributed by atoms with Crippen LogP contribution < -0.4 is 0 Å². The first-order valence-electron chi connectivity index (χ1n) is 8.29. The van der Waals surface area contributed by atoms with E-state index in [0.717, 1.165) is 40.8 Å². The van der Waals surface area contributed by atoms with Crippen LogP contribution in [0.4, 0.5) is 4.79 Å². The molecular weight excluding hydrogens is 360 g/mol. The summed E-state index contributed by atoms with van der Waals surface area (Å²) < 4.78 is 0. The number of thioether (sulfide) groups is 1. The number of amides is 3. The van der Waals surface area contributed by atoms with Crippen LogP contribution in [0.25, 0.3) is 6.08 Å². The van der Waals surface area contributed by atoms with Crippen molar-refractivity contribution >= 4 is 46.2 Å². The predicted molar refractivity (Wildman–Crippen MR) is 98.1 cm³/mol. The molecule has 0 aromatic carbocycles.